The highest BCUT2D eigenvalue weighted by Gasteiger charge is 2.53. The second-order valence-corrected chi connectivity index (χ2v) is 12.1. The van der Waals surface area contributed by atoms with Gasteiger partial charge in [0.2, 0.25) is 5.91 Å². The van der Waals surface area contributed by atoms with Crippen LogP contribution in [0.1, 0.15) is 65.2 Å². The molecule has 9 atom stereocenters. The van der Waals surface area contributed by atoms with Gasteiger partial charge < -0.3 is 15.3 Å². The molecule has 6 nitrogen and oxygen atoms in total. The van der Waals surface area contributed by atoms with E-state index in [1.807, 2.05) is 6.08 Å². The zero-order valence-electron chi connectivity index (χ0n) is 22.0. The Morgan fingerprint density at radius 2 is 1.75 bits per heavy atom. The molecule has 1 saturated heterocycles. The van der Waals surface area contributed by atoms with Gasteiger partial charge in [0.25, 0.3) is 5.91 Å². The minimum Gasteiger partial charge on any atom is -0.507 e. The number of amides is 2. The third-order valence-corrected chi connectivity index (χ3v) is 10.5. The number of allylic oxidation sites excluding steroid dienone is 3. The Bertz CT molecular complexity index is 997. The summed E-state index contributed by atoms with van der Waals surface area (Å²) in [5.74, 6) is 4.17. The number of rotatable bonds is 1. The maximum Gasteiger partial charge on any atom is 0.261 e. The zero-order chi connectivity index (χ0) is 25.6. The lowest BCUT2D eigenvalue weighted by molar-refractivity contribution is -0.125. The molecule has 0 aromatic heterocycles. The summed E-state index contributed by atoms with van der Waals surface area (Å²) in [5, 5.41) is 13.8. The monoisotopic (exact) mass is 494 g/mol. The molecule has 2 amide bonds. The quantitative estimate of drug-likeness (QED) is 0.523. The molecule has 196 valence electrons. The molecule has 2 heterocycles. The van der Waals surface area contributed by atoms with E-state index in [0.29, 0.717) is 37.1 Å². The molecule has 2 aliphatic heterocycles. The van der Waals surface area contributed by atoms with Gasteiger partial charge in [0.05, 0.1) is 6.04 Å². The number of aliphatic hydroxyl groups is 1. The SMILES string of the molecule is CCC1C(C)CC2C1CCC1C3C/C=C\C(=O)NCCCC4C(=O)/C(=C(O)\C=C\C3CC12)C(=O)N4C. The van der Waals surface area contributed by atoms with Crippen LogP contribution >= 0.6 is 0 Å². The van der Waals surface area contributed by atoms with E-state index in [0.717, 1.165) is 36.5 Å². The Morgan fingerprint density at radius 3 is 2.53 bits per heavy atom. The first-order chi connectivity index (χ1) is 17.3. The predicted molar refractivity (Wildman–Crippen MR) is 139 cm³/mol. The molecule has 3 aliphatic carbocycles. The number of likely N-dealkylation sites (tertiary alicyclic amines) is 1. The second kappa shape index (κ2) is 10.2. The molecule has 4 fully saturated rings. The summed E-state index contributed by atoms with van der Waals surface area (Å²) >= 11 is 0. The van der Waals surface area contributed by atoms with Crippen molar-refractivity contribution < 1.29 is 19.5 Å². The summed E-state index contributed by atoms with van der Waals surface area (Å²) in [7, 11) is 1.62. The summed E-state index contributed by atoms with van der Waals surface area (Å²) in [4.78, 5) is 39.7. The number of nitrogens with zero attached hydrogens (tertiary/aromatic N) is 1. The maximum absolute atomic E-state index is 13.0. The van der Waals surface area contributed by atoms with Crippen molar-refractivity contribution >= 4 is 17.6 Å². The van der Waals surface area contributed by atoms with E-state index in [1.54, 1.807) is 19.2 Å². The molecule has 6 heteroatoms. The number of carbonyl (C=O) groups excluding carboxylic acids is 3. The fourth-order valence-corrected chi connectivity index (χ4v) is 8.84. The van der Waals surface area contributed by atoms with Crippen LogP contribution in [-0.4, -0.2) is 47.2 Å². The Hall–Kier alpha value is -2.37. The third-order valence-electron chi connectivity index (χ3n) is 10.5. The van der Waals surface area contributed by atoms with E-state index in [1.165, 1.54) is 30.6 Å². The van der Waals surface area contributed by atoms with Crippen LogP contribution in [-0.2, 0) is 14.4 Å². The van der Waals surface area contributed by atoms with E-state index in [4.69, 9.17) is 0 Å². The van der Waals surface area contributed by atoms with Crippen molar-refractivity contribution in [2.45, 2.75) is 71.3 Å². The Morgan fingerprint density at radius 1 is 1.00 bits per heavy atom. The van der Waals surface area contributed by atoms with Crippen LogP contribution in [0.5, 0.6) is 0 Å². The number of ketones is 1. The van der Waals surface area contributed by atoms with Crippen LogP contribution in [0.4, 0.5) is 0 Å². The zero-order valence-corrected chi connectivity index (χ0v) is 22.0. The number of hydrogen-bond donors (Lipinski definition) is 2. The van der Waals surface area contributed by atoms with Gasteiger partial charge in [-0.05, 0) is 104 Å². The van der Waals surface area contributed by atoms with Gasteiger partial charge in [-0.2, -0.15) is 0 Å². The lowest BCUT2D eigenvalue weighted by Crippen LogP contribution is -2.33. The lowest BCUT2D eigenvalue weighted by atomic mass is 9.65. The molecule has 5 aliphatic rings. The summed E-state index contributed by atoms with van der Waals surface area (Å²) in [6.07, 6.45) is 15.5. The third kappa shape index (κ3) is 4.35. The first kappa shape index (κ1) is 25.3. The molecular weight excluding hydrogens is 452 g/mol. The summed E-state index contributed by atoms with van der Waals surface area (Å²) < 4.78 is 0. The van der Waals surface area contributed by atoms with Crippen molar-refractivity contribution in [3.63, 3.8) is 0 Å². The van der Waals surface area contributed by atoms with Crippen molar-refractivity contribution in [2.75, 3.05) is 13.6 Å². The van der Waals surface area contributed by atoms with Crippen LogP contribution in [0.15, 0.2) is 35.6 Å². The smallest absolute Gasteiger partial charge is 0.261 e. The number of nitrogens with one attached hydrogen (secondary N) is 1. The first-order valence-electron chi connectivity index (χ1n) is 14.2. The molecule has 9 unspecified atom stereocenters. The van der Waals surface area contributed by atoms with E-state index < -0.39 is 11.9 Å². The number of aliphatic hydroxyl groups excluding tert-OH is 1. The highest BCUT2D eigenvalue weighted by atomic mass is 16.3. The molecule has 2 N–H and O–H groups in total. The van der Waals surface area contributed by atoms with Crippen LogP contribution in [0.3, 0.4) is 0 Å². The lowest BCUT2D eigenvalue weighted by Gasteiger charge is -2.40. The van der Waals surface area contributed by atoms with Crippen LogP contribution in [0.25, 0.3) is 0 Å². The van der Waals surface area contributed by atoms with E-state index in [-0.39, 0.29) is 28.9 Å². The number of Topliss-reactive ketones (excluding diaryl/α,β-unsaturated/α-hetero) is 1. The highest BCUT2D eigenvalue weighted by molar-refractivity contribution is 6.26. The molecule has 0 aromatic carbocycles. The van der Waals surface area contributed by atoms with E-state index in [2.05, 4.69) is 25.2 Å². The predicted octanol–water partition coefficient (Wildman–Crippen LogP) is 4.58. The van der Waals surface area contributed by atoms with E-state index in [9.17, 15) is 19.5 Å². The number of hydrogen-bond acceptors (Lipinski definition) is 4. The summed E-state index contributed by atoms with van der Waals surface area (Å²) in [6, 6.07) is -0.585. The first-order valence-corrected chi connectivity index (χ1v) is 14.2. The molecular formula is C30H42N2O4. The van der Waals surface area contributed by atoms with E-state index >= 15 is 0 Å². The van der Waals surface area contributed by atoms with Gasteiger partial charge in [0.15, 0.2) is 5.78 Å². The van der Waals surface area contributed by atoms with Crippen molar-refractivity contribution in [3.05, 3.63) is 35.6 Å². The summed E-state index contributed by atoms with van der Waals surface area (Å²) in [6.45, 7) is 5.23. The van der Waals surface area contributed by atoms with Gasteiger partial charge >= 0.3 is 0 Å². The van der Waals surface area contributed by atoms with Crippen molar-refractivity contribution in [2.24, 2.45) is 47.3 Å². The molecule has 0 radical (unpaired) electrons. The maximum atomic E-state index is 13.0. The molecule has 3 saturated carbocycles. The van der Waals surface area contributed by atoms with Crippen LogP contribution < -0.4 is 5.32 Å². The van der Waals surface area contributed by atoms with Gasteiger partial charge in [-0.1, -0.05) is 32.4 Å². The van der Waals surface area contributed by atoms with Gasteiger partial charge in [-0.3, -0.25) is 14.4 Å². The second-order valence-electron chi connectivity index (χ2n) is 12.1. The van der Waals surface area contributed by atoms with Crippen molar-refractivity contribution in [1.29, 1.82) is 0 Å². The highest BCUT2D eigenvalue weighted by Crippen LogP contribution is 2.61. The molecule has 5 rings (SSSR count). The van der Waals surface area contributed by atoms with Gasteiger partial charge in [-0.15, -0.1) is 0 Å². The Balaban J connectivity index is 1.46. The summed E-state index contributed by atoms with van der Waals surface area (Å²) in [5.41, 5.74) is -0.0859. The Kier molecular flexibility index (Phi) is 7.15. The van der Waals surface area contributed by atoms with Crippen molar-refractivity contribution in [1.82, 2.24) is 10.2 Å². The molecule has 0 spiro atoms. The fourth-order valence-electron chi connectivity index (χ4n) is 8.84. The number of likely N-dealkylation sites (N-methyl/N-ethyl adjacent to an activating group) is 1. The number of fused-ring (bicyclic) bond motifs is 7. The number of carbonyl (C=O) groups is 3. The average Bonchev–Trinajstić information content (AvgIpc) is 3.44. The topological polar surface area (TPSA) is 86.7 Å². The van der Waals surface area contributed by atoms with Gasteiger partial charge in [0.1, 0.15) is 11.3 Å². The normalized spacial score (nSPS) is 45.1. The van der Waals surface area contributed by atoms with Gasteiger partial charge in [0, 0.05) is 13.6 Å². The largest absolute Gasteiger partial charge is 0.507 e. The molecule has 36 heavy (non-hydrogen) atoms. The molecule has 0 aromatic rings. The fraction of sp³-hybridized carbons (Fsp3) is 0.700. The van der Waals surface area contributed by atoms with Crippen LogP contribution in [0.2, 0.25) is 0 Å². The Labute approximate surface area is 215 Å². The standard InChI is InChI=1S/C30H42N2O4/c1-4-19-17(2)15-23-21(19)11-12-22-20-7-5-9-27(34)31-14-6-8-25-29(35)28(30(36)32(25)3)26(33)13-10-18(20)16-24(22)23/h5,9-10,13,17-25,33H,4,6-8,11-12,14-16H2,1-3H3,(H,31,34)/b9-5-,13-10+,28-26-. The average molecular weight is 495 g/mol. The minimum absolute atomic E-state index is 0.0859. The molecule has 2 bridgehead atoms. The van der Waals surface area contributed by atoms with Crippen LogP contribution in [0, 0.1) is 47.3 Å². The van der Waals surface area contributed by atoms with Crippen molar-refractivity contribution in [3.8, 4) is 0 Å². The van der Waals surface area contributed by atoms with Gasteiger partial charge in [-0.25, -0.2) is 0 Å². The minimum atomic E-state index is -0.585.